The first-order valence-electron chi connectivity index (χ1n) is 9.87. The lowest BCUT2D eigenvalue weighted by Gasteiger charge is -2.10. The number of methoxy groups -OCH3 is 1. The molecule has 0 aliphatic carbocycles. The molecular weight excluding hydrogens is 465 g/mol. The zero-order valence-electron chi connectivity index (χ0n) is 17.9. The fourth-order valence-corrected chi connectivity index (χ4v) is 2.80. The van der Waals surface area contributed by atoms with Crippen molar-refractivity contribution in [1.29, 1.82) is 0 Å². The second-order valence-corrected chi connectivity index (χ2v) is 7.23. The molecule has 8 nitrogen and oxygen atoms in total. The fraction of sp³-hybridized carbons (Fsp3) is 0.0833. The van der Waals surface area contributed by atoms with E-state index in [0.717, 1.165) is 12.1 Å². The minimum absolute atomic E-state index is 0.201. The van der Waals surface area contributed by atoms with E-state index >= 15 is 0 Å². The Morgan fingerprint density at radius 3 is 2.32 bits per heavy atom. The molecule has 0 saturated heterocycles. The lowest BCUT2D eigenvalue weighted by molar-refractivity contribution is -0.120. The first-order chi connectivity index (χ1) is 16.4. The van der Waals surface area contributed by atoms with Gasteiger partial charge in [0.1, 0.15) is 5.82 Å². The van der Waals surface area contributed by atoms with Crippen molar-refractivity contribution in [3.63, 3.8) is 0 Å². The number of ether oxygens (including phenoxy) is 2. The highest BCUT2D eigenvalue weighted by molar-refractivity contribution is 6.30. The molecule has 3 aromatic carbocycles. The Labute approximate surface area is 199 Å². The number of carbonyl (C=O) groups is 3. The molecule has 0 radical (unpaired) electrons. The van der Waals surface area contributed by atoms with Crippen LogP contribution >= 0.6 is 11.6 Å². The largest absolute Gasteiger partial charge is 0.493 e. The van der Waals surface area contributed by atoms with E-state index in [1.54, 1.807) is 36.4 Å². The Hall–Kier alpha value is -4.24. The molecule has 2 amide bonds. The number of esters is 1. The minimum atomic E-state index is -0.577. The van der Waals surface area contributed by atoms with E-state index in [0.29, 0.717) is 16.1 Å². The second kappa shape index (κ2) is 11.6. The number of carbonyl (C=O) groups excluding carboxylic acids is 3. The monoisotopic (exact) mass is 483 g/mol. The highest BCUT2D eigenvalue weighted by Crippen LogP contribution is 2.28. The van der Waals surface area contributed by atoms with Gasteiger partial charge in [-0.3, -0.25) is 9.59 Å². The minimum Gasteiger partial charge on any atom is -0.493 e. The summed E-state index contributed by atoms with van der Waals surface area (Å²) in [5.41, 5.74) is 3.38. The van der Waals surface area contributed by atoms with Crippen LogP contribution in [-0.4, -0.2) is 37.7 Å². The van der Waals surface area contributed by atoms with Crippen LogP contribution in [0.1, 0.15) is 26.3 Å². The van der Waals surface area contributed by atoms with Gasteiger partial charge in [-0.1, -0.05) is 11.6 Å². The number of hydrogen-bond donors (Lipinski definition) is 2. The lowest BCUT2D eigenvalue weighted by atomic mass is 10.2. The molecule has 3 aromatic rings. The lowest BCUT2D eigenvalue weighted by Crippen LogP contribution is -2.34. The van der Waals surface area contributed by atoms with E-state index in [4.69, 9.17) is 21.1 Å². The number of hydrazone groups is 1. The number of amides is 2. The van der Waals surface area contributed by atoms with Crippen molar-refractivity contribution in [3.8, 4) is 11.5 Å². The molecule has 2 N–H and O–H groups in total. The van der Waals surface area contributed by atoms with Crippen LogP contribution in [-0.2, 0) is 4.79 Å². The standard InChI is InChI=1S/C24H19ClFN3O5/c1-33-21-12-15(2-11-20(21)34-24(32)17-3-7-18(25)8-4-17)13-28-29-22(30)14-27-23(31)16-5-9-19(26)10-6-16/h2-13H,14H2,1H3,(H,27,31)(H,29,30)/b28-13+. The van der Waals surface area contributed by atoms with Gasteiger partial charge >= 0.3 is 5.97 Å². The average molecular weight is 484 g/mol. The van der Waals surface area contributed by atoms with Gasteiger partial charge in [-0.25, -0.2) is 14.6 Å². The Balaban J connectivity index is 1.53. The van der Waals surface area contributed by atoms with E-state index in [1.807, 2.05) is 0 Å². The van der Waals surface area contributed by atoms with E-state index in [2.05, 4.69) is 15.8 Å². The van der Waals surface area contributed by atoms with Gasteiger partial charge in [0.25, 0.3) is 11.8 Å². The Bertz CT molecular complexity index is 1210. The molecule has 10 heteroatoms. The van der Waals surface area contributed by atoms with Crippen molar-refractivity contribution in [2.45, 2.75) is 0 Å². The highest BCUT2D eigenvalue weighted by atomic mass is 35.5. The van der Waals surface area contributed by atoms with Gasteiger partial charge in [-0.2, -0.15) is 5.10 Å². The highest BCUT2D eigenvalue weighted by Gasteiger charge is 2.13. The summed E-state index contributed by atoms with van der Waals surface area (Å²) in [5.74, 6) is -1.64. The third kappa shape index (κ3) is 6.88. The number of rotatable bonds is 8. The quantitative estimate of drug-likeness (QED) is 0.220. The van der Waals surface area contributed by atoms with Crippen LogP contribution in [0.15, 0.2) is 71.8 Å². The molecule has 0 spiro atoms. The molecule has 34 heavy (non-hydrogen) atoms. The third-order valence-corrected chi connectivity index (χ3v) is 4.64. The molecule has 0 aromatic heterocycles. The van der Waals surface area contributed by atoms with Gasteiger partial charge in [0.2, 0.25) is 0 Å². The SMILES string of the molecule is COc1cc(/C=N/NC(=O)CNC(=O)c2ccc(F)cc2)ccc1OC(=O)c1ccc(Cl)cc1. The summed E-state index contributed by atoms with van der Waals surface area (Å²) >= 11 is 5.82. The maximum absolute atomic E-state index is 12.9. The molecule has 0 aliphatic rings. The van der Waals surface area contributed by atoms with Gasteiger partial charge in [0.05, 0.1) is 25.4 Å². The second-order valence-electron chi connectivity index (χ2n) is 6.79. The van der Waals surface area contributed by atoms with Gasteiger partial charge in [0, 0.05) is 10.6 Å². The predicted octanol–water partition coefficient (Wildman–Crippen LogP) is 3.59. The number of hydrogen-bond acceptors (Lipinski definition) is 6. The van der Waals surface area contributed by atoms with Crippen molar-refractivity contribution in [2.75, 3.05) is 13.7 Å². The van der Waals surface area contributed by atoms with Crippen molar-refractivity contribution in [1.82, 2.24) is 10.7 Å². The number of nitrogens with one attached hydrogen (secondary N) is 2. The molecule has 0 fully saturated rings. The summed E-state index contributed by atoms with van der Waals surface area (Å²) in [7, 11) is 1.42. The van der Waals surface area contributed by atoms with Gasteiger partial charge in [0.15, 0.2) is 11.5 Å². The summed E-state index contributed by atoms with van der Waals surface area (Å²) < 4.78 is 23.5. The Morgan fingerprint density at radius 1 is 0.971 bits per heavy atom. The first-order valence-corrected chi connectivity index (χ1v) is 10.2. The molecule has 0 bridgehead atoms. The van der Waals surface area contributed by atoms with Crippen LogP contribution in [0.2, 0.25) is 5.02 Å². The molecule has 0 unspecified atom stereocenters. The summed E-state index contributed by atoms with van der Waals surface area (Å²) in [6, 6.07) is 15.9. The predicted molar refractivity (Wildman–Crippen MR) is 124 cm³/mol. The van der Waals surface area contributed by atoms with Crippen molar-refractivity contribution >= 4 is 35.6 Å². The van der Waals surface area contributed by atoms with Crippen LogP contribution in [0, 0.1) is 5.82 Å². The van der Waals surface area contributed by atoms with Crippen LogP contribution < -0.4 is 20.2 Å². The fourth-order valence-electron chi connectivity index (χ4n) is 2.68. The first kappa shape index (κ1) is 24.4. The van der Waals surface area contributed by atoms with Crippen molar-refractivity contribution < 1.29 is 28.2 Å². The molecule has 0 heterocycles. The average Bonchev–Trinajstić information content (AvgIpc) is 2.84. The summed E-state index contributed by atoms with van der Waals surface area (Å²) in [6.07, 6.45) is 1.35. The smallest absolute Gasteiger partial charge is 0.343 e. The van der Waals surface area contributed by atoms with Crippen LogP contribution in [0.4, 0.5) is 4.39 Å². The molecule has 0 aliphatic heterocycles. The van der Waals surface area contributed by atoms with E-state index in [-0.39, 0.29) is 23.6 Å². The molecule has 0 saturated carbocycles. The maximum Gasteiger partial charge on any atom is 0.343 e. The maximum atomic E-state index is 12.9. The van der Waals surface area contributed by atoms with E-state index < -0.39 is 23.6 Å². The number of nitrogens with zero attached hydrogens (tertiary/aromatic N) is 1. The molecule has 174 valence electrons. The van der Waals surface area contributed by atoms with Crippen LogP contribution in [0.3, 0.4) is 0 Å². The Morgan fingerprint density at radius 2 is 1.65 bits per heavy atom. The van der Waals surface area contributed by atoms with E-state index in [1.165, 1.54) is 31.5 Å². The van der Waals surface area contributed by atoms with Crippen molar-refractivity contribution in [3.05, 3.63) is 94.3 Å². The van der Waals surface area contributed by atoms with Crippen molar-refractivity contribution in [2.24, 2.45) is 5.10 Å². The summed E-state index contributed by atoms with van der Waals surface area (Å²) in [5, 5.41) is 6.73. The number of benzene rings is 3. The molecular formula is C24H19ClFN3O5. The zero-order chi connectivity index (χ0) is 24.5. The van der Waals surface area contributed by atoms with Gasteiger partial charge < -0.3 is 14.8 Å². The van der Waals surface area contributed by atoms with Gasteiger partial charge in [-0.05, 0) is 72.3 Å². The zero-order valence-corrected chi connectivity index (χ0v) is 18.6. The summed E-state index contributed by atoms with van der Waals surface area (Å²) in [4.78, 5) is 36.1. The van der Waals surface area contributed by atoms with Crippen LogP contribution in [0.25, 0.3) is 0 Å². The number of halogens is 2. The third-order valence-electron chi connectivity index (χ3n) is 4.39. The van der Waals surface area contributed by atoms with Crippen LogP contribution in [0.5, 0.6) is 11.5 Å². The summed E-state index contributed by atoms with van der Waals surface area (Å²) in [6.45, 7) is -0.323. The molecule has 0 atom stereocenters. The molecule has 3 rings (SSSR count). The normalized spacial score (nSPS) is 10.6. The van der Waals surface area contributed by atoms with E-state index in [9.17, 15) is 18.8 Å². The topological polar surface area (TPSA) is 106 Å². The van der Waals surface area contributed by atoms with Gasteiger partial charge in [-0.15, -0.1) is 0 Å². The Kier molecular flexibility index (Phi) is 8.31.